The van der Waals surface area contributed by atoms with Gasteiger partial charge in [-0.15, -0.1) is 0 Å². The van der Waals surface area contributed by atoms with Gasteiger partial charge in [0.25, 0.3) is 5.91 Å². The number of esters is 1. The van der Waals surface area contributed by atoms with Gasteiger partial charge in [0.05, 0.1) is 10.0 Å². The Labute approximate surface area is 161 Å². The molecule has 2 rings (SSSR count). The van der Waals surface area contributed by atoms with Gasteiger partial charge in [-0.25, -0.2) is 9.59 Å². The maximum Gasteiger partial charge on any atom is 0.331 e. The molecule has 1 fully saturated rings. The van der Waals surface area contributed by atoms with E-state index in [1.807, 2.05) is 0 Å². The van der Waals surface area contributed by atoms with Gasteiger partial charge in [-0.1, -0.05) is 42.1 Å². The van der Waals surface area contributed by atoms with Gasteiger partial charge in [-0.05, 0) is 43.5 Å². The third-order valence-corrected chi connectivity index (χ3v) is 4.68. The molecule has 1 aromatic rings. The number of urea groups is 1. The molecule has 1 atom stereocenters. The summed E-state index contributed by atoms with van der Waals surface area (Å²) in [5.41, 5.74) is 0.657. The van der Waals surface area contributed by atoms with Crippen molar-refractivity contribution in [2.75, 3.05) is 0 Å². The molecule has 0 bridgehead atoms. The number of hydrogen-bond acceptors (Lipinski definition) is 4. The number of rotatable bonds is 5. The molecule has 1 aliphatic carbocycles. The van der Waals surface area contributed by atoms with E-state index in [-0.39, 0.29) is 6.04 Å². The van der Waals surface area contributed by atoms with E-state index >= 15 is 0 Å². The molecule has 1 aromatic carbocycles. The molecule has 0 aliphatic heterocycles. The molecule has 0 aromatic heterocycles. The molecule has 1 aliphatic rings. The second-order valence-electron chi connectivity index (χ2n) is 6.03. The molecule has 0 saturated heterocycles. The van der Waals surface area contributed by atoms with E-state index in [2.05, 4.69) is 10.6 Å². The van der Waals surface area contributed by atoms with E-state index in [4.69, 9.17) is 27.9 Å². The van der Waals surface area contributed by atoms with Gasteiger partial charge < -0.3 is 10.1 Å². The van der Waals surface area contributed by atoms with Crippen molar-refractivity contribution in [1.29, 1.82) is 0 Å². The van der Waals surface area contributed by atoms with Crippen LogP contribution in [-0.2, 0) is 14.3 Å². The first-order valence-electron chi connectivity index (χ1n) is 8.30. The van der Waals surface area contributed by atoms with Crippen molar-refractivity contribution in [3.63, 3.8) is 0 Å². The van der Waals surface area contributed by atoms with Gasteiger partial charge in [-0.2, -0.15) is 0 Å². The zero-order valence-corrected chi connectivity index (χ0v) is 15.8. The smallest absolute Gasteiger partial charge is 0.331 e. The van der Waals surface area contributed by atoms with Gasteiger partial charge in [0.2, 0.25) is 0 Å². The van der Waals surface area contributed by atoms with Crippen molar-refractivity contribution < 1.29 is 19.1 Å². The number of nitrogens with one attached hydrogen (secondary N) is 2. The molecule has 2 N–H and O–H groups in total. The van der Waals surface area contributed by atoms with Gasteiger partial charge in [0.1, 0.15) is 0 Å². The Balaban J connectivity index is 1.79. The Morgan fingerprint density at radius 2 is 1.88 bits per heavy atom. The van der Waals surface area contributed by atoms with Crippen molar-refractivity contribution in [2.45, 2.75) is 44.8 Å². The Morgan fingerprint density at radius 1 is 1.19 bits per heavy atom. The summed E-state index contributed by atoms with van der Waals surface area (Å²) >= 11 is 11.7. The molecule has 0 unspecified atom stereocenters. The Kier molecular flexibility index (Phi) is 7.48. The largest absolute Gasteiger partial charge is 0.449 e. The predicted molar refractivity (Wildman–Crippen MR) is 100.0 cm³/mol. The Morgan fingerprint density at radius 3 is 2.54 bits per heavy atom. The maximum absolute atomic E-state index is 11.9. The lowest BCUT2D eigenvalue weighted by Crippen LogP contribution is -2.47. The summed E-state index contributed by atoms with van der Waals surface area (Å²) in [7, 11) is 0. The van der Waals surface area contributed by atoms with Crippen molar-refractivity contribution in [3.05, 3.63) is 39.9 Å². The molecule has 140 valence electrons. The number of benzene rings is 1. The molecule has 1 saturated carbocycles. The van der Waals surface area contributed by atoms with E-state index in [0.717, 1.165) is 25.7 Å². The number of ether oxygens (including phenoxy) is 1. The summed E-state index contributed by atoms with van der Waals surface area (Å²) in [6.07, 6.45) is 5.51. The van der Waals surface area contributed by atoms with Crippen LogP contribution in [0.3, 0.4) is 0 Å². The molecule has 6 nitrogen and oxygen atoms in total. The van der Waals surface area contributed by atoms with Gasteiger partial charge >= 0.3 is 12.0 Å². The van der Waals surface area contributed by atoms with Crippen LogP contribution in [0.1, 0.15) is 38.2 Å². The van der Waals surface area contributed by atoms with E-state index < -0.39 is 24.0 Å². The summed E-state index contributed by atoms with van der Waals surface area (Å²) in [6.45, 7) is 1.39. The fourth-order valence-corrected chi connectivity index (χ4v) is 2.86. The number of amides is 3. The van der Waals surface area contributed by atoms with Crippen LogP contribution < -0.4 is 10.6 Å². The zero-order valence-electron chi connectivity index (χ0n) is 14.3. The number of carbonyl (C=O) groups is 3. The summed E-state index contributed by atoms with van der Waals surface area (Å²) < 4.78 is 4.98. The third kappa shape index (κ3) is 6.35. The lowest BCUT2D eigenvalue weighted by atomic mass is 10.2. The number of carbonyl (C=O) groups excluding carboxylic acids is 3. The first-order valence-corrected chi connectivity index (χ1v) is 9.06. The van der Waals surface area contributed by atoms with Crippen LogP contribution in [0.4, 0.5) is 4.79 Å². The molecule has 26 heavy (non-hydrogen) atoms. The van der Waals surface area contributed by atoms with E-state index in [1.54, 1.807) is 18.2 Å². The second kappa shape index (κ2) is 9.59. The highest BCUT2D eigenvalue weighted by Crippen LogP contribution is 2.23. The van der Waals surface area contributed by atoms with Crippen LogP contribution in [-0.4, -0.2) is 30.1 Å². The molecular formula is C18H20Cl2N2O4. The second-order valence-corrected chi connectivity index (χ2v) is 6.84. The SMILES string of the molecule is C[C@H](OC(=O)/C=C/c1ccc(Cl)c(Cl)c1)C(=O)NC(=O)NC1CCCC1. The van der Waals surface area contributed by atoms with E-state index in [0.29, 0.717) is 15.6 Å². The predicted octanol–water partition coefficient (Wildman–Crippen LogP) is 3.71. The van der Waals surface area contributed by atoms with Crippen LogP contribution in [0, 0.1) is 0 Å². The lowest BCUT2D eigenvalue weighted by molar-refractivity contribution is -0.149. The van der Waals surface area contributed by atoms with Gasteiger partial charge in [0.15, 0.2) is 6.10 Å². The highest BCUT2D eigenvalue weighted by Gasteiger charge is 2.22. The highest BCUT2D eigenvalue weighted by molar-refractivity contribution is 6.42. The topological polar surface area (TPSA) is 84.5 Å². The monoisotopic (exact) mass is 398 g/mol. The van der Waals surface area contributed by atoms with Crippen molar-refractivity contribution in [1.82, 2.24) is 10.6 Å². The maximum atomic E-state index is 11.9. The van der Waals surface area contributed by atoms with Gasteiger partial charge in [-0.3, -0.25) is 10.1 Å². The minimum Gasteiger partial charge on any atom is -0.449 e. The van der Waals surface area contributed by atoms with Crippen LogP contribution >= 0.6 is 23.2 Å². The highest BCUT2D eigenvalue weighted by atomic mass is 35.5. The quantitative estimate of drug-likeness (QED) is 0.584. The fourth-order valence-electron chi connectivity index (χ4n) is 2.55. The Hall–Kier alpha value is -2.05. The van der Waals surface area contributed by atoms with Crippen molar-refractivity contribution in [2.24, 2.45) is 0 Å². The van der Waals surface area contributed by atoms with Gasteiger partial charge in [0, 0.05) is 12.1 Å². The standard InChI is InChI=1S/C18H20Cl2N2O4/c1-11(17(24)22-18(25)21-13-4-2-3-5-13)26-16(23)9-7-12-6-8-14(19)15(20)10-12/h6-11,13H,2-5H2,1H3,(H2,21,22,24,25)/b9-7+/t11-/m0/s1. The third-order valence-electron chi connectivity index (χ3n) is 3.94. The molecule has 3 amide bonds. The van der Waals surface area contributed by atoms with E-state index in [9.17, 15) is 14.4 Å². The number of halogens is 2. The molecule has 0 heterocycles. The number of hydrogen-bond donors (Lipinski definition) is 2. The zero-order chi connectivity index (χ0) is 19.1. The fraction of sp³-hybridized carbons (Fsp3) is 0.389. The molecule has 0 radical (unpaired) electrons. The lowest BCUT2D eigenvalue weighted by Gasteiger charge is -2.15. The average molecular weight is 399 g/mol. The van der Waals surface area contributed by atoms with E-state index in [1.165, 1.54) is 19.1 Å². The molecular weight excluding hydrogens is 379 g/mol. The number of imide groups is 1. The normalized spacial score (nSPS) is 15.7. The summed E-state index contributed by atoms with van der Waals surface area (Å²) in [5.74, 6) is -1.40. The van der Waals surface area contributed by atoms with Crippen molar-refractivity contribution in [3.8, 4) is 0 Å². The average Bonchev–Trinajstić information content (AvgIpc) is 3.08. The van der Waals surface area contributed by atoms with Crippen LogP contribution in [0.5, 0.6) is 0 Å². The summed E-state index contributed by atoms with van der Waals surface area (Å²) in [5, 5.41) is 5.68. The summed E-state index contributed by atoms with van der Waals surface area (Å²) in [6, 6.07) is 4.40. The van der Waals surface area contributed by atoms with Crippen LogP contribution in [0.2, 0.25) is 10.0 Å². The Bertz CT molecular complexity index is 715. The molecule has 8 heteroatoms. The minimum absolute atomic E-state index is 0.0924. The first kappa shape index (κ1) is 20.3. The minimum atomic E-state index is -1.10. The van der Waals surface area contributed by atoms with Crippen molar-refractivity contribution >= 4 is 47.2 Å². The first-order chi connectivity index (χ1) is 12.3. The van der Waals surface area contributed by atoms with Crippen LogP contribution in [0.15, 0.2) is 24.3 Å². The molecule has 0 spiro atoms. The summed E-state index contributed by atoms with van der Waals surface area (Å²) in [4.78, 5) is 35.5. The van der Waals surface area contributed by atoms with Crippen LogP contribution in [0.25, 0.3) is 6.08 Å².